The molecule has 0 fully saturated rings. The van der Waals surface area contributed by atoms with Crippen LogP contribution in [-0.4, -0.2) is 0 Å². The summed E-state index contributed by atoms with van der Waals surface area (Å²) in [7, 11) is 0. The first-order chi connectivity index (χ1) is 27.8. The molecule has 0 aromatic heterocycles. The zero-order valence-corrected chi connectivity index (χ0v) is 32.0. The van der Waals surface area contributed by atoms with E-state index in [0.29, 0.717) is 0 Å². The van der Waals surface area contributed by atoms with E-state index >= 15 is 0 Å². The summed E-state index contributed by atoms with van der Waals surface area (Å²) in [5.41, 5.74) is 13.8. The Balaban J connectivity index is 0.00000237. The Kier molecular flexibility index (Phi) is 12.4. The second kappa shape index (κ2) is 18.7. The molecule has 8 aromatic rings. The van der Waals surface area contributed by atoms with E-state index in [1.54, 1.807) is 0 Å². The molecule has 2 heteroatoms. The standard InChI is InChI=1S/C52H40N2.C2H6/c1-5-13-47(14-6-1)53(48-15-7-2-8-16-48)51-37-29-43(30-38-51)23-21-41-25-33-45(34-26-41)46-35-27-42(28-36-46)22-24-44-31-39-52(40-32-44)54(49-17-9-3-10-18-49)50-19-11-4-12-20-50;1-2/h1-40H;1-2H3/b23-21+,24-22+;. The van der Waals surface area contributed by atoms with E-state index in [9.17, 15) is 0 Å². The van der Waals surface area contributed by atoms with Crippen molar-refractivity contribution in [2.24, 2.45) is 0 Å². The number of rotatable bonds is 11. The molecule has 0 heterocycles. The van der Waals surface area contributed by atoms with Crippen LogP contribution in [0.25, 0.3) is 35.4 Å². The molecule has 0 aliphatic heterocycles. The lowest BCUT2D eigenvalue weighted by molar-refractivity contribution is 1.28. The normalized spacial score (nSPS) is 10.9. The Hall–Kier alpha value is -7.16. The van der Waals surface area contributed by atoms with Gasteiger partial charge in [-0.05, 0) is 106 Å². The van der Waals surface area contributed by atoms with E-state index in [4.69, 9.17) is 0 Å². The Morgan fingerprint density at radius 1 is 0.232 bits per heavy atom. The van der Waals surface area contributed by atoms with Crippen LogP contribution in [-0.2, 0) is 0 Å². The molecule has 0 bridgehead atoms. The summed E-state index contributed by atoms with van der Waals surface area (Å²) in [5, 5.41) is 0. The van der Waals surface area contributed by atoms with Crippen LogP contribution in [0.5, 0.6) is 0 Å². The van der Waals surface area contributed by atoms with Crippen molar-refractivity contribution in [2.45, 2.75) is 13.8 Å². The van der Waals surface area contributed by atoms with Crippen LogP contribution in [0.1, 0.15) is 36.1 Å². The summed E-state index contributed by atoms with van der Waals surface area (Å²) in [5.74, 6) is 0. The van der Waals surface area contributed by atoms with Crippen LogP contribution in [0, 0.1) is 0 Å². The highest BCUT2D eigenvalue weighted by atomic mass is 15.1. The van der Waals surface area contributed by atoms with Crippen molar-refractivity contribution in [3.63, 3.8) is 0 Å². The van der Waals surface area contributed by atoms with Gasteiger partial charge in [0.25, 0.3) is 0 Å². The Morgan fingerprint density at radius 3 is 0.661 bits per heavy atom. The first-order valence-electron chi connectivity index (χ1n) is 19.3. The monoisotopic (exact) mass is 722 g/mol. The van der Waals surface area contributed by atoms with E-state index in [-0.39, 0.29) is 0 Å². The smallest absolute Gasteiger partial charge is 0.0462 e. The fourth-order valence-corrected chi connectivity index (χ4v) is 6.63. The predicted molar refractivity (Wildman–Crippen MR) is 243 cm³/mol. The maximum Gasteiger partial charge on any atom is 0.0462 e. The molecule has 8 aromatic carbocycles. The number of benzene rings is 8. The van der Waals surface area contributed by atoms with E-state index in [0.717, 1.165) is 45.3 Å². The number of hydrogen-bond donors (Lipinski definition) is 0. The first kappa shape index (κ1) is 37.2. The highest BCUT2D eigenvalue weighted by molar-refractivity contribution is 5.80. The molecule has 0 radical (unpaired) electrons. The topological polar surface area (TPSA) is 6.48 Å². The van der Waals surface area contributed by atoms with Crippen LogP contribution >= 0.6 is 0 Å². The minimum Gasteiger partial charge on any atom is -0.311 e. The molecular weight excluding hydrogens is 677 g/mol. The van der Waals surface area contributed by atoms with Gasteiger partial charge in [-0.1, -0.05) is 184 Å². The predicted octanol–water partition coefficient (Wildman–Crippen LogP) is 15.7. The lowest BCUT2D eigenvalue weighted by Gasteiger charge is -2.25. The fourth-order valence-electron chi connectivity index (χ4n) is 6.63. The van der Waals surface area contributed by atoms with Gasteiger partial charge < -0.3 is 9.80 Å². The Labute approximate surface area is 332 Å². The molecule has 0 spiro atoms. The van der Waals surface area contributed by atoms with Crippen molar-refractivity contribution in [1.29, 1.82) is 0 Å². The van der Waals surface area contributed by atoms with Crippen LogP contribution < -0.4 is 9.80 Å². The highest BCUT2D eigenvalue weighted by Gasteiger charge is 2.12. The number of hydrogen-bond acceptors (Lipinski definition) is 2. The van der Waals surface area contributed by atoms with Gasteiger partial charge in [0.15, 0.2) is 0 Å². The van der Waals surface area contributed by atoms with Crippen molar-refractivity contribution >= 4 is 58.4 Å². The third-order valence-corrected chi connectivity index (χ3v) is 9.45. The van der Waals surface area contributed by atoms with Crippen molar-refractivity contribution < 1.29 is 0 Å². The number of anilines is 6. The molecular formula is C54H46N2. The zero-order valence-electron chi connectivity index (χ0n) is 32.0. The van der Waals surface area contributed by atoms with Gasteiger partial charge in [-0.3, -0.25) is 0 Å². The second-order valence-electron chi connectivity index (χ2n) is 13.1. The van der Waals surface area contributed by atoms with E-state index < -0.39 is 0 Å². The maximum atomic E-state index is 2.28. The van der Waals surface area contributed by atoms with Gasteiger partial charge in [-0.15, -0.1) is 0 Å². The molecule has 0 aliphatic carbocycles. The molecule has 0 saturated heterocycles. The van der Waals surface area contributed by atoms with Gasteiger partial charge in [0.1, 0.15) is 0 Å². The number of para-hydroxylation sites is 4. The average molecular weight is 723 g/mol. The van der Waals surface area contributed by atoms with Crippen molar-refractivity contribution in [3.8, 4) is 11.1 Å². The molecule has 0 unspecified atom stereocenters. The lowest BCUT2D eigenvalue weighted by atomic mass is 10.0. The zero-order chi connectivity index (χ0) is 38.4. The molecule has 0 atom stereocenters. The molecule has 0 N–H and O–H groups in total. The summed E-state index contributed by atoms with van der Waals surface area (Å²) in [6, 6.07) is 76.9. The molecule has 0 amide bonds. The quantitative estimate of drug-likeness (QED) is 0.123. The van der Waals surface area contributed by atoms with Crippen molar-refractivity contribution in [3.05, 3.63) is 241 Å². The van der Waals surface area contributed by atoms with Gasteiger partial charge in [0, 0.05) is 34.1 Å². The first-order valence-corrected chi connectivity index (χ1v) is 19.3. The summed E-state index contributed by atoms with van der Waals surface area (Å²) >= 11 is 0. The summed E-state index contributed by atoms with van der Waals surface area (Å²) in [6.45, 7) is 4.00. The SMILES string of the molecule is C(=C\c1ccc(N(c2ccccc2)c2ccccc2)cc1)/c1ccc(-c2ccc(/C=C/c3ccc(N(c4ccccc4)c4ccccc4)cc3)cc2)cc1.CC. The Morgan fingerprint density at radius 2 is 0.429 bits per heavy atom. The molecule has 56 heavy (non-hydrogen) atoms. The van der Waals surface area contributed by atoms with Gasteiger partial charge in [-0.2, -0.15) is 0 Å². The van der Waals surface area contributed by atoms with Crippen LogP contribution in [0.3, 0.4) is 0 Å². The lowest BCUT2D eigenvalue weighted by Crippen LogP contribution is -2.09. The third-order valence-electron chi connectivity index (χ3n) is 9.45. The van der Waals surface area contributed by atoms with Crippen molar-refractivity contribution in [1.82, 2.24) is 0 Å². The molecule has 272 valence electrons. The summed E-state index contributed by atoms with van der Waals surface area (Å²) in [6.07, 6.45) is 8.69. The van der Waals surface area contributed by atoms with Gasteiger partial charge in [-0.25, -0.2) is 0 Å². The van der Waals surface area contributed by atoms with E-state index in [1.807, 2.05) is 13.8 Å². The van der Waals surface area contributed by atoms with E-state index in [2.05, 4.69) is 252 Å². The summed E-state index contributed by atoms with van der Waals surface area (Å²) < 4.78 is 0. The molecule has 0 saturated carbocycles. The summed E-state index contributed by atoms with van der Waals surface area (Å²) in [4.78, 5) is 4.56. The van der Waals surface area contributed by atoms with Crippen molar-refractivity contribution in [2.75, 3.05) is 9.80 Å². The minimum atomic E-state index is 1.12. The third kappa shape index (κ3) is 9.31. The largest absolute Gasteiger partial charge is 0.311 e. The van der Waals surface area contributed by atoms with Crippen LogP contribution in [0.2, 0.25) is 0 Å². The van der Waals surface area contributed by atoms with E-state index in [1.165, 1.54) is 22.3 Å². The Bertz CT molecular complexity index is 2160. The van der Waals surface area contributed by atoms with Gasteiger partial charge >= 0.3 is 0 Å². The molecule has 8 rings (SSSR count). The van der Waals surface area contributed by atoms with Crippen LogP contribution in [0.15, 0.2) is 218 Å². The fraction of sp³-hybridized carbons (Fsp3) is 0.0370. The second-order valence-corrected chi connectivity index (χ2v) is 13.1. The minimum absolute atomic E-state index is 1.12. The maximum absolute atomic E-state index is 2.28. The number of nitrogens with zero attached hydrogens (tertiary/aromatic N) is 2. The van der Waals surface area contributed by atoms with Gasteiger partial charge in [0.2, 0.25) is 0 Å². The molecule has 0 aliphatic rings. The molecule has 2 nitrogen and oxygen atoms in total. The highest BCUT2D eigenvalue weighted by Crippen LogP contribution is 2.36. The van der Waals surface area contributed by atoms with Crippen LogP contribution in [0.4, 0.5) is 34.1 Å². The average Bonchev–Trinajstić information content (AvgIpc) is 3.29. The van der Waals surface area contributed by atoms with Gasteiger partial charge in [0.05, 0.1) is 0 Å².